The minimum absolute atomic E-state index is 0.183. The molecule has 2 rings (SSSR count). The Morgan fingerprint density at radius 1 is 1.29 bits per heavy atom. The summed E-state index contributed by atoms with van der Waals surface area (Å²) in [5.74, 6) is -0.183. The molecule has 2 aromatic rings. The van der Waals surface area contributed by atoms with Crippen molar-refractivity contribution in [2.75, 3.05) is 32.1 Å². The van der Waals surface area contributed by atoms with Gasteiger partial charge in [-0.25, -0.2) is 4.98 Å². The monoisotopic (exact) mass is 287 g/mol. The Bertz CT molecular complexity index is 613. The lowest BCUT2D eigenvalue weighted by Crippen LogP contribution is -2.27. The van der Waals surface area contributed by atoms with Crippen molar-refractivity contribution in [2.45, 2.75) is 13.3 Å². The summed E-state index contributed by atoms with van der Waals surface area (Å²) < 4.78 is 4.93. The number of amides is 1. The molecule has 0 aliphatic rings. The summed E-state index contributed by atoms with van der Waals surface area (Å²) >= 11 is 0. The van der Waals surface area contributed by atoms with Gasteiger partial charge in [-0.05, 0) is 18.6 Å². The van der Waals surface area contributed by atoms with Gasteiger partial charge in [0, 0.05) is 31.3 Å². The number of methoxy groups -OCH3 is 1. The van der Waals surface area contributed by atoms with E-state index in [1.807, 2.05) is 24.3 Å². The van der Waals surface area contributed by atoms with Crippen LogP contribution < -0.4 is 10.6 Å². The van der Waals surface area contributed by atoms with E-state index in [0.29, 0.717) is 18.8 Å². The summed E-state index contributed by atoms with van der Waals surface area (Å²) in [4.78, 5) is 16.6. The molecule has 1 amide bonds. The maximum atomic E-state index is 12.1. The lowest BCUT2D eigenvalue weighted by atomic mass is 10.1. The minimum atomic E-state index is -0.183. The first kappa shape index (κ1) is 15.3. The number of pyridine rings is 1. The molecule has 0 fully saturated rings. The molecule has 0 unspecified atom stereocenters. The molecule has 0 bridgehead atoms. The van der Waals surface area contributed by atoms with E-state index in [4.69, 9.17) is 4.74 Å². The smallest absolute Gasteiger partial charge is 0.270 e. The van der Waals surface area contributed by atoms with Gasteiger partial charge in [0.25, 0.3) is 5.91 Å². The third-order valence-corrected chi connectivity index (χ3v) is 3.11. The van der Waals surface area contributed by atoms with E-state index in [1.165, 1.54) is 0 Å². The standard InChI is InChI=1S/C16H21N3O2/c1-3-8-17-14-11-15(16(20)18-9-10-21-2)19-13-7-5-4-6-12(13)14/h4-7,11H,3,8-10H2,1-2H3,(H,17,19)(H,18,20). The second kappa shape index (κ2) is 7.59. The van der Waals surface area contributed by atoms with Gasteiger partial charge in [0.05, 0.1) is 12.1 Å². The van der Waals surface area contributed by atoms with Gasteiger partial charge in [-0.3, -0.25) is 4.79 Å². The van der Waals surface area contributed by atoms with E-state index in [1.54, 1.807) is 13.2 Å². The predicted molar refractivity (Wildman–Crippen MR) is 84.7 cm³/mol. The molecule has 1 aromatic carbocycles. The molecule has 21 heavy (non-hydrogen) atoms. The van der Waals surface area contributed by atoms with Crippen LogP contribution in [0.4, 0.5) is 5.69 Å². The van der Waals surface area contributed by atoms with Crippen LogP contribution in [-0.4, -0.2) is 37.7 Å². The van der Waals surface area contributed by atoms with Crippen molar-refractivity contribution in [3.05, 3.63) is 36.0 Å². The highest BCUT2D eigenvalue weighted by Gasteiger charge is 2.11. The molecule has 2 N–H and O–H groups in total. The molecule has 0 aliphatic carbocycles. The number of carbonyl (C=O) groups excluding carboxylic acids is 1. The maximum Gasteiger partial charge on any atom is 0.270 e. The van der Waals surface area contributed by atoms with Gasteiger partial charge in [-0.1, -0.05) is 25.1 Å². The number of hydrogen-bond donors (Lipinski definition) is 2. The van der Waals surface area contributed by atoms with Crippen LogP contribution in [0.2, 0.25) is 0 Å². The molecule has 5 heteroatoms. The number of nitrogens with one attached hydrogen (secondary N) is 2. The average molecular weight is 287 g/mol. The van der Waals surface area contributed by atoms with Crippen molar-refractivity contribution in [1.82, 2.24) is 10.3 Å². The molecule has 1 heterocycles. The third-order valence-electron chi connectivity index (χ3n) is 3.11. The average Bonchev–Trinajstić information content (AvgIpc) is 2.52. The molecule has 0 radical (unpaired) electrons. The summed E-state index contributed by atoms with van der Waals surface area (Å²) in [5.41, 5.74) is 2.18. The van der Waals surface area contributed by atoms with Crippen molar-refractivity contribution in [3.8, 4) is 0 Å². The number of fused-ring (bicyclic) bond motifs is 1. The van der Waals surface area contributed by atoms with Crippen LogP contribution in [0.5, 0.6) is 0 Å². The highest BCUT2D eigenvalue weighted by atomic mass is 16.5. The van der Waals surface area contributed by atoms with Crippen molar-refractivity contribution < 1.29 is 9.53 Å². The van der Waals surface area contributed by atoms with Gasteiger partial charge >= 0.3 is 0 Å². The molecule has 0 saturated carbocycles. The number of carbonyl (C=O) groups is 1. The van der Waals surface area contributed by atoms with E-state index in [-0.39, 0.29) is 5.91 Å². The fourth-order valence-electron chi connectivity index (χ4n) is 2.05. The summed E-state index contributed by atoms with van der Waals surface area (Å²) in [7, 11) is 1.60. The Morgan fingerprint density at radius 3 is 2.86 bits per heavy atom. The molecular weight excluding hydrogens is 266 g/mol. The zero-order valence-electron chi connectivity index (χ0n) is 12.5. The molecule has 0 aliphatic heterocycles. The summed E-state index contributed by atoms with van der Waals surface area (Å²) in [6.45, 7) is 3.93. The van der Waals surface area contributed by atoms with Crippen LogP contribution in [0, 0.1) is 0 Å². The number of para-hydroxylation sites is 1. The largest absolute Gasteiger partial charge is 0.384 e. The van der Waals surface area contributed by atoms with E-state index < -0.39 is 0 Å². The van der Waals surface area contributed by atoms with Crippen molar-refractivity contribution in [3.63, 3.8) is 0 Å². The number of nitrogens with zero attached hydrogens (tertiary/aromatic N) is 1. The molecule has 0 saturated heterocycles. The predicted octanol–water partition coefficient (Wildman–Crippen LogP) is 2.43. The van der Waals surface area contributed by atoms with Gasteiger partial charge in [0.2, 0.25) is 0 Å². The number of hydrogen-bond acceptors (Lipinski definition) is 4. The number of anilines is 1. The van der Waals surface area contributed by atoms with Crippen LogP contribution in [0.25, 0.3) is 10.9 Å². The Labute approximate surface area is 124 Å². The Hall–Kier alpha value is -2.14. The van der Waals surface area contributed by atoms with E-state index in [2.05, 4.69) is 22.5 Å². The molecule has 0 atom stereocenters. The first-order chi connectivity index (χ1) is 10.3. The Kier molecular flexibility index (Phi) is 5.51. The Morgan fingerprint density at radius 2 is 2.10 bits per heavy atom. The zero-order valence-corrected chi connectivity index (χ0v) is 12.5. The van der Waals surface area contributed by atoms with Crippen molar-refractivity contribution in [1.29, 1.82) is 0 Å². The van der Waals surface area contributed by atoms with Crippen LogP contribution >= 0.6 is 0 Å². The van der Waals surface area contributed by atoms with Crippen LogP contribution in [-0.2, 0) is 4.74 Å². The number of rotatable bonds is 7. The van der Waals surface area contributed by atoms with Crippen molar-refractivity contribution in [2.24, 2.45) is 0 Å². The van der Waals surface area contributed by atoms with Gasteiger partial charge in [0.15, 0.2) is 0 Å². The number of aromatic nitrogens is 1. The fourth-order valence-corrected chi connectivity index (χ4v) is 2.05. The maximum absolute atomic E-state index is 12.1. The summed E-state index contributed by atoms with van der Waals surface area (Å²) in [6.07, 6.45) is 1.02. The second-order valence-corrected chi connectivity index (χ2v) is 4.75. The van der Waals surface area contributed by atoms with Crippen LogP contribution in [0.3, 0.4) is 0 Å². The van der Waals surface area contributed by atoms with E-state index >= 15 is 0 Å². The van der Waals surface area contributed by atoms with Gasteiger partial charge in [0.1, 0.15) is 5.69 Å². The van der Waals surface area contributed by atoms with Gasteiger partial charge in [-0.2, -0.15) is 0 Å². The quantitative estimate of drug-likeness (QED) is 0.768. The number of ether oxygens (including phenoxy) is 1. The highest BCUT2D eigenvalue weighted by Crippen LogP contribution is 2.23. The lowest BCUT2D eigenvalue weighted by molar-refractivity contribution is 0.0932. The van der Waals surface area contributed by atoms with Crippen molar-refractivity contribution >= 4 is 22.5 Å². The van der Waals surface area contributed by atoms with Gasteiger partial charge in [-0.15, -0.1) is 0 Å². The second-order valence-electron chi connectivity index (χ2n) is 4.75. The molecular formula is C16H21N3O2. The normalized spacial score (nSPS) is 10.6. The topological polar surface area (TPSA) is 63.2 Å². The van der Waals surface area contributed by atoms with Gasteiger partial charge < -0.3 is 15.4 Å². The summed E-state index contributed by atoms with van der Waals surface area (Å²) in [5, 5.41) is 7.18. The first-order valence-electron chi connectivity index (χ1n) is 7.17. The van der Waals surface area contributed by atoms with Crippen LogP contribution in [0.1, 0.15) is 23.8 Å². The highest BCUT2D eigenvalue weighted by molar-refractivity contribution is 5.99. The van der Waals surface area contributed by atoms with Crippen LogP contribution in [0.15, 0.2) is 30.3 Å². The lowest BCUT2D eigenvalue weighted by Gasteiger charge is -2.11. The molecule has 1 aromatic heterocycles. The zero-order chi connectivity index (χ0) is 15.1. The molecule has 0 spiro atoms. The number of benzene rings is 1. The van der Waals surface area contributed by atoms with E-state index in [9.17, 15) is 4.79 Å². The molecule has 5 nitrogen and oxygen atoms in total. The minimum Gasteiger partial charge on any atom is -0.384 e. The molecule has 112 valence electrons. The Balaban J connectivity index is 2.29. The fraction of sp³-hybridized carbons (Fsp3) is 0.375. The third kappa shape index (κ3) is 3.92. The van der Waals surface area contributed by atoms with E-state index in [0.717, 1.165) is 29.6 Å². The first-order valence-corrected chi connectivity index (χ1v) is 7.17. The summed E-state index contributed by atoms with van der Waals surface area (Å²) in [6, 6.07) is 9.62. The SMILES string of the molecule is CCCNc1cc(C(=O)NCCOC)nc2ccccc12.